The van der Waals surface area contributed by atoms with Gasteiger partial charge in [-0.25, -0.2) is 0 Å². The topological polar surface area (TPSA) is 49.4 Å². The Balaban J connectivity index is 1.98. The maximum Gasteiger partial charge on any atom is 0.247 e. The lowest BCUT2D eigenvalue weighted by Crippen LogP contribution is -2.36. The lowest BCUT2D eigenvalue weighted by Gasteiger charge is -2.16. The molecule has 0 aromatic carbocycles. The Bertz CT molecular complexity index is 484. The van der Waals surface area contributed by atoms with E-state index >= 15 is 0 Å². The molecular weight excluding hydrogens is 316 g/mol. The zero-order valence-electron chi connectivity index (χ0n) is 9.69. The minimum atomic E-state index is -0.114. The van der Waals surface area contributed by atoms with Crippen LogP contribution in [0.4, 0.5) is 0 Å². The van der Waals surface area contributed by atoms with Gasteiger partial charge in [-0.2, -0.15) is 0 Å². The molecule has 1 aliphatic heterocycles. The van der Waals surface area contributed by atoms with Gasteiger partial charge in [-0.3, -0.25) is 9.59 Å². The molecule has 18 heavy (non-hydrogen) atoms. The van der Waals surface area contributed by atoms with E-state index in [0.717, 1.165) is 15.1 Å². The molecule has 0 aliphatic carbocycles. The molecule has 0 bridgehead atoms. The molecule has 6 heteroatoms. The van der Waals surface area contributed by atoms with Crippen LogP contribution in [-0.2, 0) is 9.59 Å². The minimum Gasteiger partial charge on any atom is -0.354 e. The number of carbonyl (C=O) groups excluding carboxylic acids is 2. The van der Waals surface area contributed by atoms with Crippen molar-refractivity contribution in [2.24, 2.45) is 0 Å². The average molecular weight is 329 g/mol. The molecule has 96 valence electrons. The van der Waals surface area contributed by atoms with Gasteiger partial charge in [0.2, 0.25) is 11.8 Å². The second-order valence-corrected chi connectivity index (χ2v) is 6.43. The third-order valence-electron chi connectivity index (χ3n) is 2.56. The summed E-state index contributed by atoms with van der Waals surface area (Å²) in [7, 11) is 0. The van der Waals surface area contributed by atoms with E-state index in [9.17, 15) is 9.59 Å². The van der Waals surface area contributed by atoms with Crippen LogP contribution in [-0.4, -0.2) is 36.3 Å². The number of nitrogens with one attached hydrogen (secondary N) is 1. The van der Waals surface area contributed by atoms with Gasteiger partial charge in [0.25, 0.3) is 0 Å². The Morgan fingerprint density at radius 3 is 3.06 bits per heavy atom. The number of thiophene rings is 1. The summed E-state index contributed by atoms with van der Waals surface area (Å²) < 4.78 is 1.03. The Hall–Kier alpha value is -1.14. The zero-order chi connectivity index (χ0) is 13.0. The molecule has 0 saturated carbocycles. The van der Waals surface area contributed by atoms with Gasteiger partial charge in [0.1, 0.15) is 0 Å². The first-order valence-electron chi connectivity index (χ1n) is 5.64. The van der Waals surface area contributed by atoms with E-state index in [0.29, 0.717) is 13.1 Å². The van der Waals surface area contributed by atoms with E-state index in [1.807, 2.05) is 12.1 Å². The van der Waals surface area contributed by atoms with Gasteiger partial charge in [0.05, 0.1) is 10.3 Å². The van der Waals surface area contributed by atoms with Gasteiger partial charge in [0, 0.05) is 24.0 Å². The molecule has 2 amide bonds. The molecule has 2 rings (SSSR count). The van der Waals surface area contributed by atoms with E-state index in [2.05, 4.69) is 21.2 Å². The highest BCUT2D eigenvalue weighted by atomic mass is 79.9. The van der Waals surface area contributed by atoms with Crippen LogP contribution in [0.3, 0.4) is 0 Å². The molecule has 0 atom stereocenters. The minimum absolute atomic E-state index is 0.0897. The van der Waals surface area contributed by atoms with E-state index in [1.165, 1.54) is 6.08 Å². The van der Waals surface area contributed by atoms with Crippen LogP contribution in [0.15, 0.2) is 22.0 Å². The smallest absolute Gasteiger partial charge is 0.247 e. The van der Waals surface area contributed by atoms with Crippen LogP contribution in [0, 0.1) is 0 Å². The highest BCUT2D eigenvalue weighted by molar-refractivity contribution is 9.11. The summed E-state index contributed by atoms with van der Waals surface area (Å²) >= 11 is 4.93. The number of amides is 2. The molecular formula is C12H13BrN2O2S. The van der Waals surface area contributed by atoms with Gasteiger partial charge < -0.3 is 10.2 Å². The standard InChI is InChI=1S/C12H13BrN2O2S/c13-10-4-2-9(18-10)3-5-12(17)15-7-1-6-14-11(16)8-15/h2-5H,1,6-8H2,(H,14,16). The molecule has 0 radical (unpaired) electrons. The molecule has 1 saturated heterocycles. The SMILES string of the molecule is O=C1CN(C(=O)C=Cc2ccc(Br)s2)CCCN1. The number of rotatable bonds is 2. The molecule has 4 nitrogen and oxygen atoms in total. The van der Waals surface area contributed by atoms with Crippen LogP contribution in [0.5, 0.6) is 0 Å². The van der Waals surface area contributed by atoms with Crippen LogP contribution < -0.4 is 5.32 Å². The number of nitrogens with zero attached hydrogens (tertiary/aromatic N) is 1. The first-order valence-corrected chi connectivity index (χ1v) is 7.25. The van der Waals surface area contributed by atoms with Gasteiger partial charge >= 0.3 is 0 Å². The highest BCUT2D eigenvalue weighted by Gasteiger charge is 2.17. The highest BCUT2D eigenvalue weighted by Crippen LogP contribution is 2.23. The molecule has 1 N–H and O–H groups in total. The quantitative estimate of drug-likeness (QED) is 0.842. The third kappa shape index (κ3) is 3.68. The first kappa shape index (κ1) is 13.3. The Morgan fingerprint density at radius 1 is 1.50 bits per heavy atom. The lowest BCUT2D eigenvalue weighted by molar-refractivity contribution is -0.131. The fraction of sp³-hybridized carbons (Fsp3) is 0.333. The predicted octanol–water partition coefficient (Wildman–Crippen LogP) is 1.87. The van der Waals surface area contributed by atoms with Crippen molar-refractivity contribution in [2.45, 2.75) is 6.42 Å². The summed E-state index contributed by atoms with van der Waals surface area (Å²) in [5, 5.41) is 2.75. The van der Waals surface area contributed by atoms with Crippen molar-refractivity contribution < 1.29 is 9.59 Å². The lowest BCUT2D eigenvalue weighted by atomic mass is 10.3. The molecule has 1 aromatic rings. The van der Waals surface area contributed by atoms with E-state index in [-0.39, 0.29) is 18.4 Å². The zero-order valence-corrected chi connectivity index (χ0v) is 12.1. The summed E-state index contributed by atoms with van der Waals surface area (Å²) in [6, 6.07) is 3.88. The first-order chi connectivity index (χ1) is 8.65. The third-order valence-corrected chi connectivity index (χ3v) is 4.15. The van der Waals surface area contributed by atoms with Gasteiger partial charge in [-0.15, -0.1) is 11.3 Å². The Kier molecular flexibility index (Phi) is 4.54. The average Bonchev–Trinajstić information content (AvgIpc) is 2.63. The van der Waals surface area contributed by atoms with Crippen molar-refractivity contribution in [3.63, 3.8) is 0 Å². The summed E-state index contributed by atoms with van der Waals surface area (Å²) in [5.41, 5.74) is 0. The van der Waals surface area contributed by atoms with Crippen molar-refractivity contribution in [1.29, 1.82) is 0 Å². The maximum absolute atomic E-state index is 11.9. The van der Waals surface area contributed by atoms with Gasteiger partial charge in [-0.05, 0) is 40.6 Å². The molecule has 0 unspecified atom stereocenters. The van der Waals surface area contributed by atoms with Crippen LogP contribution in [0.25, 0.3) is 6.08 Å². The van der Waals surface area contributed by atoms with E-state index in [4.69, 9.17) is 0 Å². The number of hydrogen-bond donors (Lipinski definition) is 1. The van der Waals surface area contributed by atoms with Crippen molar-refractivity contribution >= 4 is 45.2 Å². The molecule has 1 aromatic heterocycles. The summed E-state index contributed by atoms with van der Waals surface area (Å²) in [4.78, 5) is 25.9. The normalized spacial score (nSPS) is 16.7. The monoisotopic (exact) mass is 328 g/mol. The fourth-order valence-electron chi connectivity index (χ4n) is 1.67. The number of halogens is 1. The van der Waals surface area contributed by atoms with Crippen molar-refractivity contribution in [2.75, 3.05) is 19.6 Å². The fourth-order valence-corrected chi connectivity index (χ4v) is 3.00. The van der Waals surface area contributed by atoms with Crippen molar-refractivity contribution in [1.82, 2.24) is 10.2 Å². The number of hydrogen-bond acceptors (Lipinski definition) is 3. The second-order valence-electron chi connectivity index (χ2n) is 3.94. The molecule has 1 aliphatic rings. The van der Waals surface area contributed by atoms with Crippen LogP contribution in [0.2, 0.25) is 0 Å². The summed E-state index contributed by atoms with van der Waals surface area (Å²) in [5.74, 6) is -0.204. The van der Waals surface area contributed by atoms with E-state index < -0.39 is 0 Å². The molecule has 2 heterocycles. The summed E-state index contributed by atoms with van der Waals surface area (Å²) in [6.07, 6.45) is 4.10. The van der Waals surface area contributed by atoms with Gasteiger partial charge in [-0.1, -0.05) is 0 Å². The largest absolute Gasteiger partial charge is 0.354 e. The number of carbonyl (C=O) groups is 2. The predicted molar refractivity (Wildman–Crippen MR) is 75.3 cm³/mol. The van der Waals surface area contributed by atoms with Crippen LogP contribution >= 0.6 is 27.3 Å². The van der Waals surface area contributed by atoms with Crippen molar-refractivity contribution in [3.8, 4) is 0 Å². The second kappa shape index (κ2) is 6.15. The van der Waals surface area contributed by atoms with Crippen LogP contribution in [0.1, 0.15) is 11.3 Å². The summed E-state index contributed by atoms with van der Waals surface area (Å²) in [6.45, 7) is 1.41. The maximum atomic E-state index is 11.9. The molecule has 0 spiro atoms. The van der Waals surface area contributed by atoms with Crippen molar-refractivity contribution in [3.05, 3.63) is 26.9 Å². The van der Waals surface area contributed by atoms with Gasteiger partial charge in [0.15, 0.2) is 0 Å². The van der Waals surface area contributed by atoms with E-state index in [1.54, 1.807) is 22.3 Å². The molecule has 1 fully saturated rings. The Morgan fingerprint density at radius 2 is 2.33 bits per heavy atom. The Labute approximate surface area is 118 Å².